The van der Waals surface area contributed by atoms with Crippen molar-refractivity contribution in [2.75, 3.05) is 12.3 Å². The Morgan fingerprint density at radius 2 is 2.13 bits per heavy atom. The van der Waals surface area contributed by atoms with Gasteiger partial charge in [0.2, 0.25) is 5.91 Å². The van der Waals surface area contributed by atoms with Gasteiger partial charge in [-0.05, 0) is 38.8 Å². The largest absolute Gasteiger partial charge is 0.356 e. The van der Waals surface area contributed by atoms with E-state index in [1.54, 1.807) is 0 Å². The molecule has 30 heavy (non-hydrogen) atoms. The fourth-order valence-corrected chi connectivity index (χ4v) is 6.07. The second-order valence-corrected chi connectivity index (χ2v) is 9.72. The molecule has 2 fully saturated rings. The summed E-state index contributed by atoms with van der Waals surface area (Å²) in [6, 6.07) is 8.98. The zero-order valence-electron chi connectivity index (χ0n) is 17.7. The van der Waals surface area contributed by atoms with Crippen molar-refractivity contribution in [1.82, 2.24) is 25.5 Å². The number of imidazole rings is 1. The molecule has 1 aromatic carbocycles. The Morgan fingerprint density at radius 1 is 1.30 bits per heavy atom. The van der Waals surface area contributed by atoms with Crippen molar-refractivity contribution in [3.63, 3.8) is 0 Å². The van der Waals surface area contributed by atoms with Crippen LogP contribution in [0.3, 0.4) is 0 Å². The number of nitrogens with one attached hydrogen (secondary N) is 3. The topological polar surface area (TPSA) is 88.0 Å². The van der Waals surface area contributed by atoms with E-state index in [2.05, 4.69) is 40.4 Å². The number of para-hydroxylation sites is 2. The molecule has 3 amide bonds. The van der Waals surface area contributed by atoms with Crippen LogP contribution in [0.4, 0.5) is 4.79 Å². The van der Waals surface area contributed by atoms with Gasteiger partial charge in [0.05, 0.1) is 23.1 Å². The third-order valence-electron chi connectivity index (χ3n) is 5.94. The highest BCUT2D eigenvalue weighted by atomic mass is 32.2. The zero-order chi connectivity index (χ0) is 21.1. The van der Waals surface area contributed by atoms with Gasteiger partial charge in [0.15, 0.2) is 0 Å². The third kappa shape index (κ3) is 4.58. The van der Waals surface area contributed by atoms with Crippen molar-refractivity contribution in [1.29, 1.82) is 0 Å². The van der Waals surface area contributed by atoms with Crippen LogP contribution in [-0.2, 0) is 11.2 Å². The molecule has 1 aromatic heterocycles. The van der Waals surface area contributed by atoms with Crippen LogP contribution in [0.1, 0.15) is 51.4 Å². The molecule has 7 nitrogen and oxygen atoms in total. The predicted molar refractivity (Wildman–Crippen MR) is 121 cm³/mol. The molecule has 4 rings (SSSR count). The molecule has 0 radical (unpaired) electrons. The number of unbranched alkanes of at least 4 members (excludes halogenated alkanes) is 1. The van der Waals surface area contributed by atoms with Crippen LogP contribution >= 0.6 is 11.8 Å². The summed E-state index contributed by atoms with van der Waals surface area (Å²) in [5.41, 5.74) is 2.16. The Balaban J connectivity index is 1.18. The maximum absolute atomic E-state index is 12.2. The van der Waals surface area contributed by atoms with Crippen LogP contribution in [0, 0.1) is 0 Å². The van der Waals surface area contributed by atoms with Crippen molar-refractivity contribution >= 4 is 34.7 Å². The molecule has 3 N–H and O–H groups in total. The molecule has 0 unspecified atom stereocenters. The third-order valence-corrected chi connectivity index (χ3v) is 7.45. The van der Waals surface area contributed by atoms with Gasteiger partial charge in [-0.15, -0.1) is 0 Å². The molecule has 162 valence electrons. The number of carbonyl (C=O) groups excluding carboxylic acids is 2. The second kappa shape index (κ2) is 9.29. The highest BCUT2D eigenvalue weighted by Crippen LogP contribution is 2.33. The summed E-state index contributed by atoms with van der Waals surface area (Å²) in [4.78, 5) is 28.4. The minimum atomic E-state index is -0.0410. The standard InChI is InChI=1S/C22H31N5O2S/c1-14(2)27-17-8-4-3-7-15(17)24-19(27)11-12-23-20(28)10-6-5-9-18-21-16(13-30-18)25-22(29)26-21/h3-4,7-8,14,16,18,21H,5-6,9-13H2,1-2H3,(H,23,28)(H2,25,26,29)/t16-,18+,21+/m1/s1. The van der Waals surface area contributed by atoms with E-state index in [-0.39, 0.29) is 24.0 Å². The minimum Gasteiger partial charge on any atom is -0.356 e. The molecule has 3 heterocycles. The monoisotopic (exact) mass is 429 g/mol. The number of rotatable bonds is 9. The van der Waals surface area contributed by atoms with Crippen LogP contribution in [0.25, 0.3) is 11.0 Å². The molecule has 3 atom stereocenters. The first-order chi connectivity index (χ1) is 14.5. The number of aromatic nitrogens is 2. The number of carbonyl (C=O) groups is 2. The van der Waals surface area contributed by atoms with Crippen molar-refractivity contribution in [2.24, 2.45) is 0 Å². The Hall–Kier alpha value is -2.22. The van der Waals surface area contributed by atoms with E-state index in [4.69, 9.17) is 4.98 Å². The van der Waals surface area contributed by atoms with Gasteiger partial charge in [-0.25, -0.2) is 9.78 Å². The average Bonchev–Trinajstić information content (AvgIpc) is 3.37. The van der Waals surface area contributed by atoms with Crippen LogP contribution in [0.5, 0.6) is 0 Å². The van der Waals surface area contributed by atoms with Gasteiger partial charge in [0.25, 0.3) is 0 Å². The van der Waals surface area contributed by atoms with E-state index in [0.717, 1.165) is 48.3 Å². The lowest BCUT2D eigenvalue weighted by Gasteiger charge is -2.16. The number of nitrogens with zero attached hydrogens (tertiary/aromatic N) is 2. The van der Waals surface area contributed by atoms with Crippen LogP contribution in [0.15, 0.2) is 24.3 Å². The number of thioether (sulfide) groups is 1. The van der Waals surface area contributed by atoms with E-state index in [1.165, 1.54) is 0 Å². The fraction of sp³-hybridized carbons (Fsp3) is 0.591. The molecule has 0 bridgehead atoms. The van der Waals surface area contributed by atoms with Crippen molar-refractivity contribution in [3.05, 3.63) is 30.1 Å². The van der Waals surface area contributed by atoms with Crippen molar-refractivity contribution in [2.45, 2.75) is 69.3 Å². The number of hydrogen-bond acceptors (Lipinski definition) is 4. The molecule has 2 aromatic rings. The van der Waals surface area contributed by atoms with Gasteiger partial charge in [-0.1, -0.05) is 18.6 Å². The number of hydrogen-bond donors (Lipinski definition) is 3. The summed E-state index contributed by atoms with van der Waals surface area (Å²) in [6.07, 6.45) is 4.21. The minimum absolute atomic E-state index is 0.0410. The van der Waals surface area contributed by atoms with Crippen LogP contribution < -0.4 is 16.0 Å². The van der Waals surface area contributed by atoms with Crippen molar-refractivity contribution in [3.8, 4) is 0 Å². The van der Waals surface area contributed by atoms with Crippen molar-refractivity contribution < 1.29 is 9.59 Å². The van der Waals surface area contributed by atoms with E-state index in [0.29, 0.717) is 24.3 Å². The molecular weight excluding hydrogens is 398 g/mol. The highest BCUT2D eigenvalue weighted by Gasteiger charge is 2.42. The van der Waals surface area contributed by atoms with E-state index < -0.39 is 0 Å². The summed E-state index contributed by atoms with van der Waals surface area (Å²) in [7, 11) is 0. The Kier molecular flexibility index (Phi) is 6.51. The summed E-state index contributed by atoms with van der Waals surface area (Å²) in [6.45, 7) is 4.93. The van der Waals surface area contributed by atoms with E-state index in [1.807, 2.05) is 30.0 Å². The fourth-order valence-electron chi connectivity index (χ4n) is 4.52. The summed E-state index contributed by atoms with van der Waals surface area (Å²) < 4.78 is 2.25. The van der Waals surface area contributed by atoms with Gasteiger partial charge in [-0.2, -0.15) is 11.8 Å². The molecule has 0 aliphatic carbocycles. The molecular formula is C22H31N5O2S. The molecule has 0 saturated carbocycles. The van der Waals surface area contributed by atoms with Crippen LogP contribution in [0.2, 0.25) is 0 Å². The van der Waals surface area contributed by atoms with Gasteiger partial charge in [0, 0.05) is 36.4 Å². The van der Waals surface area contributed by atoms with E-state index in [9.17, 15) is 9.59 Å². The maximum Gasteiger partial charge on any atom is 0.315 e. The summed E-state index contributed by atoms with van der Waals surface area (Å²) in [5.74, 6) is 2.11. The molecule has 2 aliphatic heterocycles. The van der Waals surface area contributed by atoms with Gasteiger partial charge in [0.1, 0.15) is 5.82 Å². The Morgan fingerprint density at radius 3 is 2.97 bits per heavy atom. The smallest absolute Gasteiger partial charge is 0.315 e. The van der Waals surface area contributed by atoms with Crippen LogP contribution in [-0.4, -0.2) is 51.1 Å². The lowest BCUT2D eigenvalue weighted by Crippen LogP contribution is -2.36. The quantitative estimate of drug-likeness (QED) is 0.422. The first kappa shape index (κ1) is 21.0. The van der Waals surface area contributed by atoms with Gasteiger partial charge in [-0.3, -0.25) is 4.79 Å². The number of fused-ring (bicyclic) bond motifs is 2. The molecule has 2 aliphatic rings. The molecule has 2 saturated heterocycles. The first-order valence-corrected chi connectivity index (χ1v) is 12.0. The number of urea groups is 1. The number of amides is 3. The van der Waals surface area contributed by atoms with E-state index >= 15 is 0 Å². The lowest BCUT2D eigenvalue weighted by molar-refractivity contribution is -0.121. The Bertz CT molecular complexity index is 912. The van der Waals surface area contributed by atoms with Gasteiger partial charge < -0.3 is 20.5 Å². The predicted octanol–water partition coefficient (Wildman–Crippen LogP) is 3.00. The Labute approximate surface area is 181 Å². The second-order valence-electron chi connectivity index (χ2n) is 8.45. The SMILES string of the molecule is CC(C)n1c(CCNC(=O)CCCC[C@@H]2SC[C@H]3NC(=O)N[C@H]23)nc2ccccc21. The normalized spacial score (nSPS) is 22.9. The number of benzene rings is 1. The zero-order valence-corrected chi connectivity index (χ0v) is 18.5. The highest BCUT2D eigenvalue weighted by molar-refractivity contribution is 8.00. The maximum atomic E-state index is 12.2. The summed E-state index contributed by atoms with van der Waals surface area (Å²) >= 11 is 1.92. The lowest BCUT2D eigenvalue weighted by atomic mass is 10.0. The van der Waals surface area contributed by atoms with Gasteiger partial charge >= 0.3 is 6.03 Å². The molecule has 8 heteroatoms. The first-order valence-electron chi connectivity index (χ1n) is 10.9. The summed E-state index contributed by atoms with van der Waals surface area (Å²) in [5, 5.41) is 9.50. The average molecular weight is 430 g/mol. The molecule has 0 spiro atoms.